The molecule has 0 aromatic heterocycles. The number of benzene rings is 1. The summed E-state index contributed by atoms with van der Waals surface area (Å²) in [6, 6.07) is 6.92. The second-order valence-corrected chi connectivity index (χ2v) is 4.67. The van der Waals surface area contributed by atoms with Crippen molar-refractivity contribution in [2.75, 3.05) is 0 Å². The Kier molecular flexibility index (Phi) is 2.52. The highest BCUT2D eigenvalue weighted by Crippen LogP contribution is 2.30. The normalized spacial score (nSPS) is 31.6. The summed E-state index contributed by atoms with van der Waals surface area (Å²) in [5.74, 6) is 0.870. The average Bonchev–Trinajstić information content (AvgIpc) is 2.72. The van der Waals surface area contributed by atoms with Gasteiger partial charge in [0.1, 0.15) is 11.9 Å². The van der Waals surface area contributed by atoms with Crippen LogP contribution in [0.4, 0.5) is 0 Å². The van der Waals surface area contributed by atoms with Gasteiger partial charge in [-0.05, 0) is 43.5 Å². The Morgan fingerprint density at radius 2 is 1.94 bits per heavy atom. The molecule has 1 saturated carbocycles. The molecule has 1 heterocycles. The number of phenolic OH excluding ortho intramolecular Hbond substituents is 1. The Bertz CT molecular complexity index is 440. The number of ether oxygens (including phenoxy) is 1. The second-order valence-electron chi connectivity index (χ2n) is 4.67. The number of hydrogen-bond acceptors (Lipinski definition) is 4. The van der Waals surface area contributed by atoms with Crippen LogP contribution in [0.1, 0.15) is 24.8 Å². The maximum Gasteiger partial charge on any atom is 0.216 e. The van der Waals surface area contributed by atoms with Crippen LogP contribution in [0.5, 0.6) is 5.75 Å². The van der Waals surface area contributed by atoms with E-state index in [1.165, 1.54) is 0 Å². The lowest BCUT2D eigenvalue weighted by molar-refractivity contribution is 0.0624. The predicted molar refractivity (Wildman–Crippen MR) is 63.2 cm³/mol. The number of aromatic hydroxyl groups is 1. The van der Waals surface area contributed by atoms with Gasteiger partial charge in [0, 0.05) is 5.56 Å². The van der Waals surface area contributed by atoms with Gasteiger partial charge in [-0.1, -0.05) is 0 Å². The number of aliphatic hydroxyl groups excluding tert-OH is 1. The molecule has 1 aromatic rings. The van der Waals surface area contributed by atoms with Gasteiger partial charge in [0.05, 0.1) is 12.1 Å². The third-order valence-corrected chi connectivity index (χ3v) is 3.39. The van der Waals surface area contributed by atoms with Gasteiger partial charge in [-0.15, -0.1) is 0 Å². The molecule has 1 aliphatic heterocycles. The maximum absolute atomic E-state index is 9.59. The van der Waals surface area contributed by atoms with Crippen LogP contribution in [-0.4, -0.2) is 34.4 Å². The van der Waals surface area contributed by atoms with Crippen LogP contribution < -0.4 is 0 Å². The first-order valence-corrected chi connectivity index (χ1v) is 5.94. The maximum atomic E-state index is 9.59. The van der Waals surface area contributed by atoms with Gasteiger partial charge in [0.2, 0.25) is 5.90 Å². The highest BCUT2D eigenvalue weighted by molar-refractivity contribution is 5.95. The molecule has 4 nitrogen and oxygen atoms in total. The van der Waals surface area contributed by atoms with E-state index < -0.39 is 0 Å². The van der Waals surface area contributed by atoms with E-state index in [1.807, 2.05) is 0 Å². The van der Waals surface area contributed by atoms with Crippen LogP contribution in [0, 0.1) is 0 Å². The van der Waals surface area contributed by atoms with E-state index in [1.54, 1.807) is 24.3 Å². The van der Waals surface area contributed by atoms with Crippen LogP contribution in [0.3, 0.4) is 0 Å². The van der Waals surface area contributed by atoms with Crippen LogP contribution in [0.15, 0.2) is 29.3 Å². The molecule has 3 unspecified atom stereocenters. The van der Waals surface area contributed by atoms with E-state index in [0.29, 0.717) is 12.3 Å². The van der Waals surface area contributed by atoms with Crippen LogP contribution in [-0.2, 0) is 4.74 Å². The zero-order valence-electron chi connectivity index (χ0n) is 9.41. The van der Waals surface area contributed by atoms with Crippen LogP contribution in [0.25, 0.3) is 0 Å². The average molecular weight is 233 g/mol. The van der Waals surface area contributed by atoms with Gasteiger partial charge in [0.25, 0.3) is 0 Å². The summed E-state index contributed by atoms with van der Waals surface area (Å²) in [5, 5.41) is 18.8. The zero-order valence-corrected chi connectivity index (χ0v) is 9.41. The first-order chi connectivity index (χ1) is 8.22. The topological polar surface area (TPSA) is 62.1 Å². The smallest absolute Gasteiger partial charge is 0.216 e. The van der Waals surface area contributed by atoms with Crippen molar-refractivity contribution < 1.29 is 14.9 Å². The third kappa shape index (κ3) is 2.00. The SMILES string of the molecule is Oc1ccc(C2=NC3CC(O)CCC3O2)cc1. The molecule has 0 radical (unpaired) electrons. The zero-order chi connectivity index (χ0) is 11.8. The standard InChI is InChI=1S/C13H15NO3/c15-9-3-1-8(2-4-9)13-14-11-7-10(16)5-6-12(11)17-13/h1-4,10-12,15-16H,5-7H2. The Hall–Kier alpha value is -1.55. The summed E-state index contributed by atoms with van der Waals surface area (Å²) >= 11 is 0. The molecule has 0 bridgehead atoms. The van der Waals surface area contributed by atoms with E-state index in [0.717, 1.165) is 18.4 Å². The molecule has 2 aliphatic rings. The van der Waals surface area contributed by atoms with Crippen molar-refractivity contribution >= 4 is 5.90 Å². The summed E-state index contributed by atoms with van der Waals surface area (Å²) < 4.78 is 5.80. The number of phenols is 1. The molecule has 0 spiro atoms. The molecule has 4 heteroatoms. The lowest BCUT2D eigenvalue weighted by Crippen LogP contribution is -2.33. The molecule has 2 N–H and O–H groups in total. The van der Waals surface area contributed by atoms with Crippen molar-refractivity contribution in [2.24, 2.45) is 4.99 Å². The summed E-state index contributed by atoms with van der Waals surface area (Å²) in [5.41, 5.74) is 0.881. The minimum Gasteiger partial charge on any atom is -0.508 e. The summed E-state index contributed by atoms with van der Waals surface area (Å²) in [6.07, 6.45) is 2.20. The fourth-order valence-electron chi connectivity index (χ4n) is 2.44. The number of fused-ring (bicyclic) bond motifs is 1. The van der Waals surface area contributed by atoms with Gasteiger partial charge >= 0.3 is 0 Å². The van der Waals surface area contributed by atoms with Gasteiger partial charge in [-0.2, -0.15) is 0 Å². The minimum atomic E-state index is -0.247. The molecular weight excluding hydrogens is 218 g/mol. The van der Waals surface area contributed by atoms with Crippen molar-refractivity contribution in [1.82, 2.24) is 0 Å². The number of hydrogen-bond donors (Lipinski definition) is 2. The molecule has 1 fully saturated rings. The second kappa shape index (κ2) is 4.04. The summed E-state index contributed by atoms with van der Waals surface area (Å²) in [6.45, 7) is 0. The molecule has 1 aliphatic carbocycles. The Morgan fingerprint density at radius 3 is 2.71 bits per heavy atom. The number of aliphatic hydroxyl groups is 1. The van der Waals surface area contributed by atoms with Crippen molar-refractivity contribution in [3.8, 4) is 5.75 Å². The Balaban J connectivity index is 1.81. The van der Waals surface area contributed by atoms with E-state index in [-0.39, 0.29) is 24.0 Å². The molecule has 90 valence electrons. The molecule has 3 rings (SSSR count). The van der Waals surface area contributed by atoms with E-state index >= 15 is 0 Å². The Labute approximate surface area is 99.6 Å². The van der Waals surface area contributed by atoms with Crippen LogP contribution >= 0.6 is 0 Å². The monoisotopic (exact) mass is 233 g/mol. The highest BCUT2D eigenvalue weighted by Gasteiger charge is 2.36. The lowest BCUT2D eigenvalue weighted by atomic mass is 9.91. The van der Waals surface area contributed by atoms with E-state index in [9.17, 15) is 10.2 Å². The molecule has 0 saturated heterocycles. The molecule has 0 amide bonds. The van der Waals surface area contributed by atoms with Gasteiger partial charge < -0.3 is 14.9 Å². The number of aliphatic imine (C=N–C) groups is 1. The number of rotatable bonds is 1. The molecule has 17 heavy (non-hydrogen) atoms. The summed E-state index contributed by atoms with van der Waals surface area (Å²) in [4.78, 5) is 4.51. The highest BCUT2D eigenvalue weighted by atomic mass is 16.5. The molecule has 3 atom stereocenters. The van der Waals surface area contributed by atoms with Gasteiger partial charge in [-0.25, -0.2) is 4.99 Å². The molecular formula is C13H15NO3. The summed E-state index contributed by atoms with van der Waals surface area (Å²) in [7, 11) is 0. The van der Waals surface area contributed by atoms with Crippen molar-refractivity contribution in [1.29, 1.82) is 0 Å². The van der Waals surface area contributed by atoms with E-state index in [2.05, 4.69) is 4.99 Å². The fourth-order valence-corrected chi connectivity index (χ4v) is 2.44. The van der Waals surface area contributed by atoms with Crippen molar-refractivity contribution in [2.45, 2.75) is 37.5 Å². The van der Waals surface area contributed by atoms with Crippen LogP contribution in [0.2, 0.25) is 0 Å². The predicted octanol–water partition coefficient (Wildman–Crippen LogP) is 1.45. The largest absolute Gasteiger partial charge is 0.508 e. The first-order valence-electron chi connectivity index (χ1n) is 5.94. The van der Waals surface area contributed by atoms with Gasteiger partial charge in [-0.3, -0.25) is 0 Å². The first kappa shape index (κ1) is 10.6. The number of nitrogens with zero attached hydrogens (tertiary/aromatic N) is 1. The fraction of sp³-hybridized carbons (Fsp3) is 0.462. The molecule has 1 aromatic carbocycles. The van der Waals surface area contributed by atoms with Crippen molar-refractivity contribution in [3.63, 3.8) is 0 Å². The third-order valence-electron chi connectivity index (χ3n) is 3.39. The minimum absolute atomic E-state index is 0.0857. The lowest BCUT2D eigenvalue weighted by Gasteiger charge is -2.25. The van der Waals surface area contributed by atoms with Gasteiger partial charge in [0.15, 0.2) is 0 Å². The quantitative estimate of drug-likeness (QED) is 0.771. The Morgan fingerprint density at radius 1 is 1.18 bits per heavy atom. The van der Waals surface area contributed by atoms with E-state index in [4.69, 9.17) is 4.74 Å². The van der Waals surface area contributed by atoms with Crippen molar-refractivity contribution in [3.05, 3.63) is 29.8 Å².